The number of carbonyl (C=O) groups excluding carboxylic acids is 1. The molecular formula is C20H14Cl2N2O2. The number of nitriles is 1. The number of ether oxygens (including phenoxy) is 1. The summed E-state index contributed by atoms with van der Waals surface area (Å²) in [5, 5.41) is 12.8. The first-order valence-electron chi connectivity index (χ1n) is 7.49. The van der Waals surface area contributed by atoms with Gasteiger partial charge in [0.2, 0.25) is 0 Å². The van der Waals surface area contributed by atoms with Crippen molar-refractivity contribution >= 4 is 40.9 Å². The van der Waals surface area contributed by atoms with E-state index in [1.54, 1.807) is 36.4 Å². The summed E-state index contributed by atoms with van der Waals surface area (Å²) >= 11 is 12.1. The van der Waals surface area contributed by atoms with Gasteiger partial charge >= 0.3 is 0 Å². The fraction of sp³-hybridized carbons (Fsp3) is 0.100. The summed E-state index contributed by atoms with van der Waals surface area (Å²) < 4.78 is 5.28. The third kappa shape index (κ3) is 5.04. The zero-order valence-corrected chi connectivity index (χ0v) is 15.4. The van der Waals surface area contributed by atoms with Gasteiger partial charge in [-0.1, -0.05) is 41.3 Å². The summed E-state index contributed by atoms with van der Waals surface area (Å²) in [4.78, 5) is 12.4. The highest BCUT2D eigenvalue weighted by Gasteiger charge is 2.12. The van der Waals surface area contributed by atoms with Gasteiger partial charge < -0.3 is 10.1 Å². The third-order valence-electron chi connectivity index (χ3n) is 3.39. The average molecular weight is 385 g/mol. The second kappa shape index (κ2) is 8.97. The van der Waals surface area contributed by atoms with Crippen molar-refractivity contribution in [3.63, 3.8) is 0 Å². The highest BCUT2D eigenvalue weighted by atomic mass is 35.5. The van der Waals surface area contributed by atoms with E-state index in [1.165, 1.54) is 6.08 Å². The van der Waals surface area contributed by atoms with Crippen molar-refractivity contribution in [2.24, 2.45) is 0 Å². The largest absolute Gasteiger partial charge is 0.479 e. The van der Waals surface area contributed by atoms with E-state index in [9.17, 15) is 10.1 Å². The van der Waals surface area contributed by atoms with Gasteiger partial charge in [-0.05, 0) is 48.4 Å². The summed E-state index contributed by atoms with van der Waals surface area (Å²) in [6.45, 7) is 1.93. The Morgan fingerprint density at radius 1 is 1.31 bits per heavy atom. The molecule has 0 aliphatic heterocycles. The summed E-state index contributed by atoms with van der Waals surface area (Å²) in [6.07, 6.45) is 6.58. The van der Waals surface area contributed by atoms with Crippen molar-refractivity contribution in [3.8, 4) is 24.2 Å². The molecule has 0 aromatic heterocycles. The van der Waals surface area contributed by atoms with E-state index >= 15 is 0 Å². The molecule has 26 heavy (non-hydrogen) atoms. The van der Waals surface area contributed by atoms with Gasteiger partial charge in [-0.2, -0.15) is 5.26 Å². The first-order chi connectivity index (χ1) is 12.4. The Labute approximate surface area is 162 Å². The molecule has 0 aliphatic carbocycles. The Morgan fingerprint density at radius 2 is 2.08 bits per heavy atom. The van der Waals surface area contributed by atoms with Gasteiger partial charge in [0.05, 0.1) is 5.02 Å². The molecule has 4 nitrogen and oxygen atoms in total. The lowest BCUT2D eigenvalue weighted by atomic mass is 10.1. The lowest BCUT2D eigenvalue weighted by molar-refractivity contribution is -0.112. The first kappa shape index (κ1) is 19.4. The van der Waals surface area contributed by atoms with Crippen LogP contribution in [-0.2, 0) is 4.79 Å². The number of amides is 1. The molecule has 2 aromatic carbocycles. The summed E-state index contributed by atoms with van der Waals surface area (Å²) in [6, 6.07) is 11.9. The average Bonchev–Trinajstić information content (AvgIpc) is 2.62. The fourth-order valence-electron chi connectivity index (χ4n) is 2.08. The minimum Gasteiger partial charge on any atom is -0.479 e. The van der Waals surface area contributed by atoms with Crippen LogP contribution in [0.2, 0.25) is 10.0 Å². The topological polar surface area (TPSA) is 62.1 Å². The minimum atomic E-state index is -0.540. The number of carbonyl (C=O) groups is 1. The number of hydrogen-bond donors (Lipinski definition) is 1. The molecule has 2 aromatic rings. The smallest absolute Gasteiger partial charge is 0.266 e. The van der Waals surface area contributed by atoms with E-state index in [0.29, 0.717) is 27.0 Å². The van der Waals surface area contributed by atoms with E-state index < -0.39 is 5.91 Å². The molecule has 0 heterocycles. The van der Waals surface area contributed by atoms with E-state index in [1.807, 2.05) is 13.0 Å². The number of anilines is 1. The number of halogens is 2. The van der Waals surface area contributed by atoms with Gasteiger partial charge in [-0.3, -0.25) is 4.79 Å². The number of aryl methyl sites for hydroxylation is 1. The van der Waals surface area contributed by atoms with Crippen molar-refractivity contribution in [3.05, 3.63) is 63.1 Å². The van der Waals surface area contributed by atoms with Crippen molar-refractivity contribution < 1.29 is 9.53 Å². The van der Waals surface area contributed by atoms with Crippen LogP contribution in [0.25, 0.3) is 6.08 Å². The number of hydrogen-bond acceptors (Lipinski definition) is 3. The van der Waals surface area contributed by atoms with Gasteiger partial charge in [-0.15, -0.1) is 6.42 Å². The molecule has 0 aliphatic rings. The summed E-state index contributed by atoms with van der Waals surface area (Å²) in [5.74, 6) is 2.24. The maximum absolute atomic E-state index is 12.4. The molecule has 0 bridgehead atoms. The quantitative estimate of drug-likeness (QED) is 0.454. The summed E-state index contributed by atoms with van der Waals surface area (Å²) in [7, 11) is 0. The van der Waals surface area contributed by atoms with Crippen LogP contribution in [0, 0.1) is 30.6 Å². The zero-order chi connectivity index (χ0) is 19.1. The number of nitrogens with zero attached hydrogens (tertiary/aromatic N) is 1. The summed E-state index contributed by atoms with van der Waals surface area (Å²) in [5.41, 5.74) is 1.88. The maximum Gasteiger partial charge on any atom is 0.266 e. The highest BCUT2D eigenvalue weighted by molar-refractivity contribution is 6.32. The number of benzene rings is 2. The van der Waals surface area contributed by atoms with Crippen LogP contribution in [0.3, 0.4) is 0 Å². The van der Waals surface area contributed by atoms with Gasteiger partial charge in [0.1, 0.15) is 24.0 Å². The molecule has 2 rings (SSSR count). The first-order valence-corrected chi connectivity index (χ1v) is 8.25. The van der Waals surface area contributed by atoms with Crippen molar-refractivity contribution in [1.82, 2.24) is 0 Å². The molecule has 0 unspecified atom stereocenters. The molecule has 0 saturated heterocycles. The van der Waals surface area contributed by atoms with Crippen LogP contribution >= 0.6 is 23.2 Å². The van der Waals surface area contributed by atoms with Gasteiger partial charge in [-0.25, -0.2) is 0 Å². The number of terminal acetylenes is 1. The lowest BCUT2D eigenvalue weighted by Gasteiger charge is -2.09. The van der Waals surface area contributed by atoms with E-state index in [4.69, 9.17) is 34.4 Å². The van der Waals surface area contributed by atoms with Crippen LogP contribution < -0.4 is 10.1 Å². The monoisotopic (exact) mass is 384 g/mol. The van der Waals surface area contributed by atoms with Crippen LogP contribution in [0.15, 0.2) is 42.0 Å². The molecule has 0 saturated carbocycles. The van der Waals surface area contributed by atoms with E-state index in [2.05, 4.69) is 11.2 Å². The van der Waals surface area contributed by atoms with Gasteiger partial charge in [0.25, 0.3) is 5.91 Å². The molecule has 0 atom stereocenters. The van der Waals surface area contributed by atoms with Gasteiger partial charge in [0, 0.05) is 10.7 Å². The highest BCUT2D eigenvalue weighted by Crippen LogP contribution is 2.27. The van der Waals surface area contributed by atoms with Crippen LogP contribution in [0.4, 0.5) is 5.69 Å². The van der Waals surface area contributed by atoms with Crippen LogP contribution in [0.5, 0.6) is 5.75 Å². The minimum absolute atomic E-state index is 0.0715. The van der Waals surface area contributed by atoms with E-state index in [0.717, 1.165) is 5.56 Å². The Bertz CT molecular complexity index is 953. The Morgan fingerprint density at radius 3 is 2.73 bits per heavy atom. The fourth-order valence-corrected chi connectivity index (χ4v) is 2.49. The molecule has 6 heteroatoms. The van der Waals surface area contributed by atoms with E-state index in [-0.39, 0.29) is 12.2 Å². The maximum atomic E-state index is 12.4. The van der Waals surface area contributed by atoms with Crippen molar-refractivity contribution in [2.75, 3.05) is 11.9 Å². The second-order valence-corrected chi connectivity index (χ2v) is 6.11. The molecule has 0 radical (unpaired) electrons. The number of rotatable bonds is 5. The van der Waals surface area contributed by atoms with Crippen LogP contribution in [-0.4, -0.2) is 12.5 Å². The Kier molecular flexibility index (Phi) is 6.69. The third-order valence-corrected chi connectivity index (χ3v) is 3.92. The molecule has 0 fully saturated rings. The molecule has 130 valence electrons. The molecule has 0 spiro atoms. The zero-order valence-electron chi connectivity index (χ0n) is 13.8. The number of nitrogens with one attached hydrogen (secondary N) is 1. The molecular weight excluding hydrogens is 371 g/mol. The molecule has 1 amide bonds. The van der Waals surface area contributed by atoms with Gasteiger partial charge in [0.15, 0.2) is 0 Å². The Balaban J connectivity index is 2.23. The second-order valence-electron chi connectivity index (χ2n) is 5.27. The van der Waals surface area contributed by atoms with Crippen LogP contribution in [0.1, 0.15) is 11.1 Å². The predicted molar refractivity (Wildman–Crippen MR) is 104 cm³/mol. The molecule has 1 N–H and O–H groups in total. The van der Waals surface area contributed by atoms with Crippen molar-refractivity contribution in [2.45, 2.75) is 6.92 Å². The normalized spacial score (nSPS) is 10.6. The Hall–Kier alpha value is -2.92. The predicted octanol–water partition coefficient (Wildman–Crippen LogP) is 4.86. The lowest BCUT2D eigenvalue weighted by Crippen LogP contribution is -2.14. The standard InChI is InChI=1S/C20H14Cl2N2O2/c1-3-8-26-19-7-5-14(10-17(19)22)9-15(12-23)20(25)24-18-11-16(21)6-4-13(18)2/h1,4-7,9-11H,8H2,2H3,(H,24,25)/b15-9+. The SMILES string of the molecule is C#CCOc1ccc(/C=C(\C#N)C(=O)Nc2cc(Cl)ccc2C)cc1Cl. The van der Waals surface area contributed by atoms with Crippen molar-refractivity contribution in [1.29, 1.82) is 5.26 Å².